The molecule has 0 unspecified atom stereocenters. The Morgan fingerprint density at radius 2 is 0.959 bits per heavy atom. The summed E-state index contributed by atoms with van der Waals surface area (Å²) in [5.74, 6) is -1.78. The molecule has 2 N–H and O–H groups in total. The van der Waals surface area contributed by atoms with Gasteiger partial charge >= 0.3 is 17.9 Å². The van der Waals surface area contributed by atoms with Crippen LogP contribution in [0.15, 0.2) is 24.3 Å². The molecule has 0 fully saturated rings. The molecule has 1 aliphatic rings. The molecule has 1 aromatic carbocycles. The number of rotatable bonds is 16. The lowest BCUT2D eigenvalue weighted by Crippen LogP contribution is -2.30. The van der Waals surface area contributed by atoms with Crippen LogP contribution in [0.3, 0.4) is 0 Å². The summed E-state index contributed by atoms with van der Waals surface area (Å²) in [6, 6.07) is 6.69. The molecule has 0 bridgehead atoms. The molecule has 0 aliphatic carbocycles. The molecular weight excluding hydrogens is 903 g/mol. The number of amides is 2. The quantitative estimate of drug-likeness (QED) is 0.0566. The molecule has 0 saturated heterocycles. The fraction of sp³-hybridized carbons (Fsp3) is 0.621. The van der Waals surface area contributed by atoms with Crippen molar-refractivity contribution < 1.29 is 38.2 Å². The highest BCUT2D eigenvalue weighted by Crippen LogP contribution is 2.28. The zero-order valence-corrected chi connectivity index (χ0v) is 34.4. The molecule has 0 radical (unpaired) electrons. The van der Waals surface area contributed by atoms with E-state index >= 15 is 0 Å². The number of fused-ring (bicyclic) bond motifs is 1. The Balaban J connectivity index is 0.000000763. The molecule has 1 aromatic rings. The van der Waals surface area contributed by atoms with Gasteiger partial charge in [0.05, 0.1) is 11.1 Å². The third-order valence-electron chi connectivity index (χ3n) is 5.68. The molecule has 1 aliphatic heterocycles. The summed E-state index contributed by atoms with van der Waals surface area (Å²) in [5.41, 5.74) is 6.08. The Labute approximate surface area is 339 Å². The van der Waals surface area contributed by atoms with Crippen molar-refractivity contribution in [3.8, 4) is 0 Å². The van der Waals surface area contributed by atoms with Gasteiger partial charge in [-0.25, -0.2) is 0 Å². The van der Waals surface area contributed by atoms with E-state index in [9.17, 15) is 24.0 Å². The van der Waals surface area contributed by atoms with E-state index in [1.54, 1.807) is 24.3 Å². The fourth-order valence-electron chi connectivity index (χ4n) is 3.46. The van der Waals surface area contributed by atoms with Gasteiger partial charge < -0.3 is 19.9 Å². The maximum Gasteiger partial charge on any atom is 0.305 e. The van der Waals surface area contributed by atoms with Gasteiger partial charge in [0.25, 0.3) is 11.8 Å². The van der Waals surface area contributed by atoms with Crippen molar-refractivity contribution in [2.24, 2.45) is 5.73 Å². The predicted molar refractivity (Wildman–Crippen MR) is 200 cm³/mol. The molecule has 0 saturated carbocycles. The van der Waals surface area contributed by atoms with E-state index in [2.05, 4.69) is 20.7 Å². The van der Waals surface area contributed by atoms with E-state index in [-0.39, 0.29) is 56.5 Å². The lowest BCUT2D eigenvalue weighted by molar-refractivity contribution is -0.144. The monoisotopic (exact) mass is 934 g/mol. The molecule has 10 nitrogen and oxygen atoms in total. The maximum absolute atomic E-state index is 12.1. The van der Waals surface area contributed by atoms with Crippen LogP contribution in [-0.4, -0.2) is 84.2 Å². The Hall–Kier alpha value is -0.180. The molecule has 20 heteroatoms. The van der Waals surface area contributed by atoms with Crippen LogP contribution in [0, 0.1) is 0 Å². The highest BCUT2D eigenvalue weighted by atomic mass is 79.9. The standard InChI is InChI=1S/C15H14Cl3NO4.C7H10BrCl3O2.C7H12Cl3NO2/c16-15(17,18)9-23-12(20)7-3-4-8-19-13(21)10-5-1-2-6-11(10)14(19)22;8-4-2-1-3-6(12)13-5-7(9,10)11;8-7(9,10)5-13-6(12)3-1-2-4-11/h1-2,5-6H,3-4,7-9H2;1-5H2;1-5,11H2. The topological polar surface area (TPSA) is 142 Å². The first kappa shape index (κ1) is 48.8. The second-order valence-corrected chi connectivity index (χ2v) is 18.3. The van der Waals surface area contributed by atoms with Crippen molar-refractivity contribution in [3.05, 3.63) is 35.4 Å². The number of imide groups is 1. The van der Waals surface area contributed by atoms with Gasteiger partial charge in [-0.1, -0.05) is 132 Å². The zero-order chi connectivity index (χ0) is 37.7. The van der Waals surface area contributed by atoms with Crippen LogP contribution in [0.2, 0.25) is 0 Å². The third kappa shape index (κ3) is 26.3. The second kappa shape index (κ2) is 25.7. The number of nitrogens with two attached hydrogens (primary N) is 1. The van der Waals surface area contributed by atoms with Crippen molar-refractivity contribution in [2.45, 2.75) is 69.2 Å². The number of ether oxygens (including phenoxy) is 3. The Kier molecular flexibility index (Phi) is 25.6. The lowest BCUT2D eigenvalue weighted by atomic mass is 10.1. The average molecular weight is 940 g/mol. The minimum Gasteiger partial charge on any atom is -0.461 e. The Bertz CT molecular complexity index is 1120. The SMILES string of the molecule is NCCCCC(=O)OCC(Cl)(Cl)Cl.O=C(CCCCBr)OCC(Cl)(Cl)Cl.O=C(CCCCN1C(=O)c2ccccc2C1=O)OCC(Cl)(Cl)Cl. The fourth-order valence-corrected chi connectivity index (χ4v) is 4.35. The number of hydrogen-bond acceptors (Lipinski definition) is 9. The summed E-state index contributed by atoms with van der Waals surface area (Å²) >= 11 is 51.9. The van der Waals surface area contributed by atoms with Crippen LogP contribution in [0.1, 0.15) is 78.5 Å². The summed E-state index contributed by atoms with van der Waals surface area (Å²) in [5, 5.41) is 0.880. The van der Waals surface area contributed by atoms with Crippen LogP contribution in [-0.2, 0) is 28.6 Å². The average Bonchev–Trinajstić information content (AvgIpc) is 3.25. The number of carbonyl (C=O) groups is 5. The maximum atomic E-state index is 12.1. The summed E-state index contributed by atoms with van der Waals surface area (Å²) in [6.45, 7) is 0.112. The van der Waals surface area contributed by atoms with Gasteiger partial charge in [0, 0.05) is 31.1 Å². The number of carbonyl (C=O) groups excluding carboxylic acids is 5. The summed E-state index contributed by atoms with van der Waals surface area (Å²) in [4.78, 5) is 58.8. The highest BCUT2D eigenvalue weighted by Gasteiger charge is 2.34. The predicted octanol–water partition coefficient (Wildman–Crippen LogP) is 8.86. The number of benzene rings is 1. The van der Waals surface area contributed by atoms with Crippen LogP contribution >= 0.6 is 120 Å². The smallest absolute Gasteiger partial charge is 0.305 e. The molecule has 0 atom stereocenters. The molecule has 2 rings (SSSR count). The van der Waals surface area contributed by atoms with E-state index in [1.807, 2.05) is 0 Å². The van der Waals surface area contributed by atoms with Gasteiger partial charge in [-0.3, -0.25) is 28.9 Å². The molecule has 280 valence electrons. The largest absolute Gasteiger partial charge is 0.461 e. The minimum atomic E-state index is -1.63. The third-order valence-corrected chi connectivity index (χ3v) is 7.22. The first-order valence-electron chi connectivity index (χ1n) is 14.6. The minimum absolute atomic E-state index is 0.129. The van der Waals surface area contributed by atoms with Crippen molar-refractivity contribution in [2.75, 3.05) is 38.2 Å². The first-order chi connectivity index (χ1) is 22.7. The van der Waals surface area contributed by atoms with E-state index in [1.165, 1.54) is 4.90 Å². The number of unbranched alkanes of at least 4 members (excludes halogenated alkanes) is 3. The van der Waals surface area contributed by atoms with Gasteiger partial charge in [0.15, 0.2) is 0 Å². The molecule has 49 heavy (non-hydrogen) atoms. The van der Waals surface area contributed by atoms with Gasteiger partial charge in [0.1, 0.15) is 19.8 Å². The van der Waals surface area contributed by atoms with E-state index < -0.39 is 17.3 Å². The highest BCUT2D eigenvalue weighted by molar-refractivity contribution is 9.09. The van der Waals surface area contributed by atoms with Crippen LogP contribution < -0.4 is 5.73 Å². The molecule has 0 aromatic heterocycles. The lowest BCUT2D eigenvalue weighted by Gasteiger charge is -2.14. The summed E-state index contributed by atoms with van der Waals surface area (Å²) in [6.07, 6.45) is 4.99. The number of halogens is 10. The van der Waals surface area contributed by atoms with E-state index in [0.717, 1.165) is 24.6 Å². The van der Waals surface area contributed by atoms with Crippen molar-refractivity contribution in [1.29, 1.82) is 0 Å². The number of alkyl halides is 10. The number of hydrogen-bond donors (Lipinski definition) is 1. The van der Waals surface area contributed by atoms with Gasteiger partial charge in [-0.2, -0.15) is 0 Å². The number of nitrogens with zero attached hydrogens (tertiary/aromatic N) is 1. The van der Waals surface area contributed by atoms with E-state index in [4.69, 9.17) is 120 Å². The normalized spacial score (nSPS) is 12.7. The van der Waals surface area contributed by atoms with Gasteiger partial charge in [0.2, 0.25) is 11.4 Å². The summed E-state index contributed by atoms with van der Waals surface area (Å²) < 4.78 is 9.51. The molecule has 0 spiro atoms. The van der Waals surface area contributed by atoms with Crippen molar-refractivity contribution in [1.82, 2.24) is 4.90 Å². The Morgan fingerprint density at radius 1 is 0.612 bits per heavy atom. The molecule has 1 heterocycles. The van der Waals surface area contributed by atoms with Crippen molar-refractivity contribution in [3.63, 3.8) is 0 Å². The Morgan fingerprint density at radius 3 is 1.29 bits per heavy atom. The second-order valence-electron chi connectivity index (χ2n) is 9.98. The van der Waals surface area contributed by atoms with Crippen LogP contribution in [0.5, 0.6) is 0 Å². The zero-order valence-electron chi connectivity index (χ0n) is 26.0. The van der Waals surface area contributed by atoms with Crippen molar-refractivity contribution >= 4 is 150 Å². The van der Waals surface area contributed by atoms with Crippen LogP contribution in [0.4, 0.5) is 0 Å². The molecular formula is C29H36BrCl9N2O8. The number of esters is 3. The van der Waals surface area contributed by atoms with E-state index in [0.29, 0.717) is 49.8 Å². The first-order valence-corrected chi connectivity index (χ1v) is 19.1. The van der Waals surface area contributed by atoms with Gasteiger partial charge in [-0.15, -0.1) is 0 Å². The van der Waals surface area contributed by atoms with Gasteiger partial charge in [-0.05, 0) is 57.2 Å². The summed E-state index contributed by atoms with van der Waals surface area (Å²) in [7, 11) is 0. The molecule has 2 amide bonds. The van der Waals surface area contributed by atoms with Crippen LogP contribution in [0.25, 0.3) is 0 Å².